The van der Waals surface area contributed by atoms with E-state index in [1.807, 2.05) is 6.07 Å². The van der Waals surface area contributed by atoms with Crippen molar-refractivity contribution in [2.75, 3.05) is 0 Å². The van der Waals surface area contributed by atoms with Gasteiger partial charge in [-0.25, -0.2) is 5.43 Å². The number of furan rings is 1. The molecule has 108 valence electrons. The molecule has 0 radical (unpaired) electrons. The fourth-order valence-electron chi connectivity index (χ4n) is 3.70. The number of hydrogen-bond donors (Lipinski definition) is 2. The average Bonchev–Trinajstić information content (AvgIpc) is 2.94. The molecule has 1 saturated carbocycles. The minimum atomic E-state index is 0.0974. The zero-order valence-corrected chi connectivity index (χ0v) is 12.6. The van der Waals surface area contributed by atoms with E-state index in [-0.39, 0.29) is 6.04 Å². The van der Waals surface area contributed by atoms with Gasteiger partial charge in [-0.2, -0.15) is 0 Å². The van der Waals surface area contributed by atoms with Gasteiger partial charge in [0.2, 0.25) is 0 Å². The molecule has 1 aromatic heterocycles. The molecule has 0 aliphatic heterocycles. The van der Waals surface area contributed by atoms with Crippen LogP contribution in [0.1, 0.15) is 50.5 Å². The van der Waals surface area contributed by atoms with E-state index >= 15 is 0 Å². The Balaban J connectivity index is 1.99. The monoisotopic (exact) mass is 272 g/mol. The molecule has 0 amide bonds. The highest BCUT2D eigenvalue weighted by Crippen LogP contribution is 2.49. The molecule has 3 rings (SSSR count). The molecule has 1 aliphatic carbocycles. The predicted molar refractivity (Wildman–Crippen MR) is 82.1 cm³/mol. The van der Waals surface area contributed by atoms with Crippen molar-refractivity contribution >= 4 is 11.0 Å². The summed E-state index contributed by atoms with van der Waals surface area (Å²) in [7, 11) is 0. The zero-order valence-electron chi connectivity index (χ0n) is 12.6. The Morgan fingerprint density at radius 3 is 2.80 bits per heavy atom. The van der Waals surface area contributed by atoms with Crippen LogP contribution in [0.4, 0.5) is 0 Å². The van der Waals surface area contributed by atoms with Gasteiger partial charge in [-0.05, 0) is 49.3 Å². The Kier molecular flexibility index (Phi) is 3.35. The van der Waals surface area contributed by atoms with Crippen LogP contribution in [-0.2, 0) is 0 Å². The van der Waals surface area contributed by atoms with Crippen LogP contribution in [0, 0.1) is 18.3 Å². The molecule has 3 nitrogen and oxygen atoms in total. The van der Waals surface area contributed by atoms with E-state index in [9.17, 15) is 0 Å². The number of benzene rings is 1. The summed E-state index contributed by atoms with van der Waals surface area (Å²) in [6, 6.07) is 8.53. The summed E-state index contributed by atoms with van der Waals surface area (Å²) in [5.41, 5.74) is 5.51. The van der Waals surface area contributed by atoms with Crippen LogP contribution in [0.25, 0.3) is 11.0 Å². The Morgan fingerprint density at radius 2 is 2.15 bits per heavy atom. The van der Waals surface area contributed by atoms with Crippen molar-refractivity contribution in [3.63, 3.8) is 0 Å². The van der Waals surface area contributed by atoms with Crippen LogP contribution in [0.15, 0.2) is 28.7 Å². The lowest BCUT2D eigenvalue weighted by molar-refractivity contribution is 0.183. The summed E-state index contributed by atoms with van der Waals surface area (Å²) in [5, 5.41) is 1.16. The summed E-state index contributed by atoms with van der Waals surface area (Å²) in [6.07, 6.45) is 3.74. The molecule has 1 fully saturated rings. The normalized spacial score (nSPS) is 23.3. The van der Waals surface area contributed by atoms with Crippen molar-refractivity contribution < 1.29 is 4.42 Å². The fraction of sp³-hybridized carbons (Fsp3) is 0.529. The largest absolute Gasteiger partial charge is 0.459 e. The average molecular weight is 272 g/mol. The molecule has 3 N–H and O–H groups in total. The summed E-state index contributed by atoms with van der Waals surface area (Å²) < 4.78 is 6.04. The van der Waals surface area contributed by atoms with Crippen molar-refractivity contribution in [1.82, 2.24) is 5.43 Å². The second kappa shape index (κ2) is 4.90. The number of rotatable bonds is 3. The Hall–Kier alpha value is -1.32. The van der Waals surface area contributed by atoms with Gasteiger partial charge in [-0.15, -0.1) is 0 Å². The maximum Gasteiger partial charge on any atom is 0.134 e. The van der Waals surface area contributed by atoms with E-state index in [4.69, 9.17) is 10.3 Å². The number of nitrogens with one attached hydrogen (secondary N) is 1. The van der Waals surface area contributed by atoms with Gasteiger partial charge < -0.3 is 4.42 Å². The zero-order chi connectivity index (χ0) is 14.3. The van der Waals surface area contributed by atoms with E-state index in [1.165, 1.54) is 24.8 Å². The van der Waals surface area contributed by atoms with Gasteiger partial charge in [0, 0.05) is 5.39 Å². The topological polar surface area (TPSA) is 51.2 Å². The van der Waals surface area contributed by atoms with E-state index in [0.29, 0.717) is 11.3 Å². The standard InChI is InChI=1S/C17H24N2O/c1-11-6-7-14-12(9-11)10-15(20-14)16(19-18)13-5-4-8-17(13,2)3/h6-7,9-10,13,16,19H,4-5,8,18H2,1-3H3. The number of nitrogens with two attached hydrogens (primary N) is 1. The van der Waals surface area contributed by atoms with Crippen molar-refractivity contribution in [2.24, 2.45) is 17.2 Å². The van der Waals surface area contributed by atoms with Crippen LogP contribution in [0.5, 0.6) is 0 Å². The summed E-state index contributed by atoms with van der Waals surface area (Å²) in [6.45, 7) is 6.77. The maximum absolute atomic E-state index is 6.04. The second-order valence-corrected chi connectivity index (χ2v) is 6.82. The number of fused-ring (bicyclic) bond motifs is 1. The minimum absolute atomic E-state index is 0.0974. The van der Waals surface area contributed by atoms with Crippen LogP contribution in [0.2, 0.25) is 0 Å². The second-order valence-electron chi connectivity index (χ2n) is 6.82. The van der Waals surface area contributed by atoms with Gasteiger partial charge in [-0.3, -0.25) is 5.84 Å². The summed E-state index contributed by atoms with van der Waals surface area (Å²) in [5.74, 6) is 7.34. The molecule has 0 bridgehead atoms. The summed E-state index contributed by atoms with van der Waals surface area (Å²) in [4.78, 5) is 0. The first-order valence-electron chi connectivity index (χ1n) is 7.47. The van der Waals surface area contributed by atoms with E-state index in [0.717, 1.165) is 16.7 Å². The minimum Gasteiger partial charge on any atom is -0.459 e. The van der Waals surface area contributed by atoms with Crippen molar-refractivity contribution in [1.29, 1.82) is 0 Å². The lowest BCUT2D eigenvalue weighted by Gasteiger charge is -2.32. The molecule has 0 saturated heterocycles. The first kappa shape index (κ1) is 13.7. The van der Waals surface area contributed by atoms with Crippen LogP contribution >= 0.6 is 0 Å². The van der Waals surface area contributed by atoms with Gasteiger partial charge >= 0.3 is 0 Å². The molecule has 1 heterocycles. The molecular formula is C17H24N2O. The lowest BCUT2D eigenvalue weighted by Crippen LogP contribution is -2.37. The van der Waals surface area contributed by atoms with Gasteiger partial charge in [0.15, 0.2) is 0 Å². The molecule has 3 heteroatoms. The molecule has 20 heavy (non-hydrogen) atoms. The van der Waals surface area contributed by atoms with Crippen LogP contribution in [0.3, 0.4) is 0 Å². The van der Waals surface area contributed by atoms with Crippen molar-refractivity contribution in [2.45, 2.75) is 46.1 Å². The van der Waals surface area contributed by atoms with Crippen molar-refractivity contribution in [3.05, 3.63) is 35.6 Å². The number of hydrazine groups is 1. The van der Waals surface area contributed by atoms with Gasteiger partial charge in [-0.1, -0.05) is 31.9 Å². The highest BCUT2D eigenvalue weighted by molar-refractivity contribution is 5.78. The molecule has 0 spiro atoms. The molecule has 1 aromatic carbocycles. The lowest BCUT2D eigenvalue weighted by atomic mass is 9.77. The quantitative estimate of drug-likeness (QED) is 0.654. The van der Waals surface area contributed by atoms with Crippen molar-refractivity contribution in [3.8, 4) is 0 Å². The number of hydrogen-bond acceptors (Lipinski definition) is 3. The third-order valence-electron chi connectivity index (χ3n) is 4.92. The maximum atomic E-state index is 6.04. The molecule has 2 unspecified atom stereocenters. The van der Waals surface area contributed by atoms with E-state index in [2.05, 4.69) is 44.4 Å². The molecule has 2 aromatic rings. The molecular weight excluding hydrogens is 248 g/mol. The first-order chi connectivity index (χ1) is 9.51. The predicted octanol–water partition coefficient (Wildman–Crippen LogP) is 4.07. The van der Waals surface area contributed by atoms with Gasteiger partial charge in [0.25, 0.3) is 0 Å². The smallest absolute Gasteiger partial charge is 0.134 e. The van der Waals surface area contributed by atoms with Gasteiger partial charge in [0.05, 0.1) is 6.04 Å². The molecule has 2 atom stereocenters. The van der Waals surface area contributed by atoms with Crippen LogP contribution < -0.4 is 11.3 Å². The third kappa shape index (κ3) is 2.25. The van der Waals surface area contributed by atoms with E-state index < -0.39 is 0 Å². The van der Waals surface area contributed by atoms with Gasteiger partial charge in [0.1, 0.15) is 11.3 Å². The Morgan fingerprint density at radius 1 is 1.35 bits per heavy atom. The summed E-state index contributed by atoms with van der Waals surface area (Å²) >= 11 is 0. The number of aryl methyl sites for hydroxylation is 1. The first-order valence-corrected chi connectivity index (χ1v) is 7.47. The Labute approximate surface area is 120 Å². The highest BCUT2D eigenvalue weighted by Gasteiger charge is 2.41. The van der Waals surface area contributed by atoms with Crippen LogP contribution in [-0.4, -0.2) is 0 Å². The SMILES string of the molecule is Cc1ccc2oc(C(NN)C3CCCC3(C)C)cc2c1. The highest BCUT2D eigenvalue weighted by atomic mass is 16.3. The fourth-order valence-corrected chi connectivity index (χ4v) is 3.70. The molecule has 1 aliphatic rings. The Bertz CT molecular complexity index is 614. The third-order valence-corrected chi connectivity index (χ3v) is 4.92. The van der Waals surface area contributed by atoms with E-state index in [1.54, 1.807) is 0 Å².